The lowest BCUT2D eigenvalue weighted by atomic mass is 10.1. The quantitative estimate of drug-likeness (QED) is 0.615. The van der Waals surface area contributed by atoms with E-state index in [0.717, 1.165) is 28.5 Å². The maximum atomic E-state index is 4.67. The van der Waals surface area contributed by atoms with E-state index < -0.39 is 0 Å². The summed E-state index contributed by atoms with van der Waals surface area (Å²) in [6, 6.07) is 20.2. The molecule has 0 radical (unpaired) electrons. The molecule has 0 amide bonds. The van der Waals surface area contributed by atoms with E-state index >= 15 is 0 Å². The lowest BCUT2D eigenvalue weighted by Crippen LogP contribution is -2.08. The first-order valence-electron chi connectivity index (χ1n) is 8.49. The number of nitrogens with zero attached hydrogens (tertiary/aromatic N) is 3. The van der Waals surface area contributed by atoms with Crippen molar-refractivity contribution in [2.45, 2.75) is 0 Å². The molecule has 0 bridgehead atoms. The van der Waals surface area contributed by atoms with Crippen molar-refractivity contribution in [3.8, 4) is 11.3 Å². The lowest BCUT2D eigenvalue weighted by Gasteiger charge is -2.14. The highest BCUT2D eigenvalue weighted by Gasteiger charge is 2.07. The number of anilines is 4. The van der Waals surface area contributed by atoms with Crippen LogP contribution in [0.3, 0.4) is 0 Å². The van der Waals surface area contributed by atoms with Crippen LogP contribution in [-0.4, -0.2) is 30.6 Å². The topological polar surface area (TPSA) is 53.1 Å². The molecule has 0 spiro atoms. The van der Waals surface area contributed by atoms with Gasteiger partial charge >= 0.3 is 0 Å². The average Bonchev–Trinajstić information content (AvgIpc) is 2.67. The summed E-state index contributed by atoms with van der Waals surface area (Å²) in [6.45, 7) is 4.38. The number of hydrogen-bond acceptors (Lipinski definition) is 5. The molecule has 1 heterocycles. The summed E-state index contributed by atoms with van der Waals surface area (Å²) >= 11 is 0. The molecular formula is C21H23N5. The molecule has 5 nitrogen and oxygen atoms in total. The first kappa shape index (κ1) is 17.5. The minimum atomic E-state index is 0.551. The Labute approximate surface area is 154 Å². The molecule has 0 unspecified atom stereocenters. The average molecular weight is 345 g/mol. The Bertz CT molecular complexity index is 857. The van der Waals surface area contributed by atoms with Crippen LogP contribution in [0, 0.1) is 0 Å². The van der Waals surface area contributed by atoms with E-state index in [2.05, 4.69) is 44.2 Å². The fourth-order valence-electron chi connectivity index (χ4n) is 2.50. The molecule has 2 aromatic carbocycles. The van der Waals surface area contributed by atoms with Crippen LogP contribution in [0.4, 0.5) is 23.1 Å². The fourth-order valence-corrected chi connectivity index (χ4v) is 2.50. The van der Waals surface area contributed by atoms with Crippen LogP contribution in [0.15, 0.2) is 73.3 Å². The van der Waals surface area contributed by atoms with E-state index in [0.29, 0.717) is 12.5 Å². The first-order chi connectivity index (χ1) is 12.7. The van der Waals surface area contributed by atoms with E-state index in [4.69, 9.17) is 0 Å². The number of rotatable bonds is 7. The molecule has 0 fully saturated rings. The third kappa shape index (κ3) is 4.39. The zero-order valence-electron chi connectivity index (χ0n) is 15.1. The maximum absolute atomic E-state index is 4.67. The number of nitrogens with one attached hydrogen (secondary N) is 2. The van der Waals surface area contributed by atoms with E-state index in [9.17, 15) is 0 Å². The third-order valence-corrected chi connectivity index (χ3v) is 3.86. The molecule has 132 valence electrons. The van der Waals surface area contributed by atoms with E-state index in [1.807, 2.05) is 62.6 Å². The van der Waals surface area contributed by atoms with Gasteiger partial charge in [0.2, 0.25) is 5.95 Å². The van der Waals surface area contributed by atoms with Crippen LogP contribution >= 0.6 is 0 Å². The van der Waals surface area contributed by atoms with Gasteiger partial charge in [0.15, 0.2) is 0 Å². The second-order valence-electron chi connectivity index (χ2n) is 6.06. The van der Waals surface area contributed by atoms with E-state index in [1.54, 1.807) is 6.08 Å². The largest absolute Gasteiger partial charge is 0.378 e. The van der Waals surface area contributed by atoms with Crippen molar-refractivity contribution in [1.29, 1.82) is 0 Å². The molecule has 5 heteroatoms. The zero-order valence-corrected chi connectivity index (χ0v) is 15.1. The van der Waals surface area contributed by atoms with E-state index in [-0.39, 0.29) is 0 Å². The second-order valence-corrected chi connectivity index (χ2v) is 6.06. The van der Waals surface area contributed by atoms with Crippen molar-refractivity contribution in [1.82, 2.24) is 9.97 Å². The number of benzene rings is 2. The summed E-state index contributed by atoms with van der Waals surface area (Å²) in [5.74, 6) is 1.31. The van der Waals surface area contributed by atoms with Gasteiger partial charge in [-0.15, -0.1) is 6.58 Å². The molecule has 0 saturated carbocycles. The van der Waals surface area contributed by atoms with Crippen LogP contribution in [0.5, 0.6) is 0 Å². The Kier molecular flexibility index (Phi) is 5.49. The summed E-state index contributed by atoms with van der Waals surface area (Å²) in [5, 5.41) is 6.53. The van der Waals surface area contributed by atoms with Gasteiger partial charge in [-0.3, -0.25) is 0 Å². The molecule has 0 aliphatic rings. The Hall–Kier alpha value is -3.34. The highest BCUT2D eigenvalue weighted by atomic mass is 15.1. The van der Waals surface area contributed by atoms with Gasteiger partial charge in [0.05, 0.1) is 5.69 Å². The molecule has 2 N–H and O–H groups in total. The zero-order chi connectivity index (χ0) is 18.4. The van der Waals surface area contributed by atoms with Gasteiger partial charge in [-0.05, 0) is 24.3 Å². The Balaban J connectivity index is 1.90. The molecular weight excluding hydrogens is 322 g/mol. The van der Waals surface area contributed by atoms with Crippen molar-refractivity contribution in [3.05, 3.63) is 73.3 Å². The Morgan fingerprint density at radius 1 is 1.00 bits per heavy atom. The van der Waals surface area contributed by atoms with Crippen LogP contribution in [-0.2, 0) is 0 Å². The third-order valence-electron chi connectivity index (χ3n) is 3.86. The standard InChI is InChI=1S/C21H23N5/c1-4-14-22-20-15-19(16-8-6-5-7-9-16)24-21(25-20)23-17-10-12-18(13-11-17)26(2)3/h4-13,15H,1,14H2,2-3H3,(H2,22,23,24,25). The van der Waals surface area contributed by atoms with Crippen LogP contribution in [0.25, 0.3) is 11.3 Å². The molecule has 3 rings (SSSR count). The maximum Gasteiger partial charge on any atom is 0.229 e. The van der Waals surface area contributed by atoms with Crippen molar-refractivity contribution >= 4 is 23.1 Å². The lowest BCUT2D eigenvalue weighted by molar-refractivity contribution is 1.13. The second kappa shape index (κ2) is 8.16. The van der Waals surface area contributed by atoms with Crippen LogP contribution < -0.4 is 15.5 Å². The monoisotopic (exact) mass is 345 g/mol. The molecule has 0 atom stereocenters. The van der Waals surface area contributed by atoms with Crippen LogP contribution in [0.1, 0.15) is 0 Å². The molecule has 0 aliphatic carbocycles. The van der Waals surface area contributed by atoms with Crippen molar-refractivity contribution in [2.24, 2.45) is 0 Å². The van der Waals surface area contributed by atoms with Crippen molar-refractivity contribution < 1.29 is 0 Å². The van der Waals surface area contributed by atoms with Gasteiger partial charge in [0.25, 0.3) is 0 Å². The summed E-state index contributed by atoms with van der Waals surface area (Å²) < 4.78 is 0. The smallest absolute Gasteiger partial charge is 0.229 e. The van der Waals surface area contributed by atoms with Gasteiger partial charge in [0.1, 0.15) is 5.82 Å². The SMILES string of the molecule is C=CCNc1cc(-c2ccccc2)nc(Nc2ccc(N(C)C)cc2)n1. The van der Waals surface area contributed by atoms with Crippen molar-refractivity contribution in [3.63, 3.8) is 0 Å². The highest BCUT2D eigenvalue weighted by molar-refractivity contribution is 5.66. The molecule has 0 saturated heterocycles. The fraction of sp³-hybridized carbons (Fsp3) is 0.143. The normalized spacial score (nSPS) is 10.2. The summed E-state index contributed by atoms with van der Waals surface area (Å²) in [4.78, 5) is 11.3. The molecule has 1 aromatic heterocycles. The van der Waals surface area contributed by atoms with Gasteiger partial charge < -0.3 is 15.5 Å². The highest BCUT2D eigenvalue weighted by Crippen LogP contribution is 2.24. The number of aromatic nitrogens is 2. The summed E-state index contributed by atoms with van der Waals surface area (Å²) in [5.41, 5.74) is 3.99. The van der Waals surface area contributed by atoms with Crippen molar-refractivity contribution in [2.75, 3.05) is 36.2 Å². The van der Waals surface area contributed by atoms with E-state index in [1.165, 1.54) is 0 Å². The minimum absolute atomic E-state index is 0.551. The Morgan fingerprint density at radius 2 is 1.73 bits per heavy atom. The number of hydrogen-bond donors (Lipinski definition) is 2. The Morgan fingerprint density at radius 3 is 2.38 bits per heavy atom. The molecule has 0 aliphatic heterocycles. The van der Waals surface area contributed by atoms with Gasteiger partial charge in [0, 0.05) is 43.6 Å². The minimum Gasteiger partial charge on any atom is -0.378 e. The van der Waals surface area contributed by atoms with Gasteiger partial charge in [-0.25, -0.2) is 4.98 Å². The summed E-state index contributed by atoms with van der Waals surface area (Å²) in [7, 11) is 4.04. The predicted octanol–water partition coefficient (Wildman–Crippen LogP) is 4.55. The van der Waals surface area contributed by atoms with Gasteiger partial charge in [-0.1, -0.05) is 36.4 Å². The van der Waals surface area contributed by atoms with Crippen LogP contribution in [0.2, 0.25) is 0 Å². The molecule has 3 aromatic rings. The van der Waals surface area contributed by atoms with Gasteiger partial charge in [-0.2, -0.15) is 4.98 Å². The summed E-state index contributed by atoms with van der Waals surface area (Å²) in [6.07, 6.45) is 1.80. The molecule has 26 heavy (non-hydrogen) atoms. The predicted molar refractivity (Wildman–Crippen MR) is 110 cm³/mol. The first-order valence-corrected chi connectivity index (χ1v) is 8.49.